The molecule has 0 atom stereocenters. The van der Waals surface area contributed by atoms with Gasteiger partial charge in [0.2, 0.25) is 0 Å². The third kappa shape index (κ3) is 1.10. The zero-order valence-electron chi connectivity index (χ0n) is 6.61. The molecule has 0 amide bonds. The van der Waals surface area contributed by atoms with Crippen molar-refractivity contribution in [2.24, 2.45) is 0 Å². The molecule has 13 heavy (non-hydrogen) atoms. The van der Waals surface area contributed by atoms with E-state index in [0.717, 1.165) is 4.70 Å². The van der Waals surface area contributed by atoms with Crippen LogP contribution in [0.2, 0.25) is 0 Å². The molecule has 1 aromatic carbocycles. The monoisotopic (exact) mass is 190 g/mol. The van der Waals surface area contributed by atoms with Crippen LogP contribution in [0.3, 0.4) is 0 Å². The summed E-state index contributed by atoms with van der Waals surface area (Å²) in [6.07, 6.45) is 0. The van der Waals surface area contributed by atoms with Crippen LogP contribution in [0.25, 0.3) is 10.1 Å². The van der Waals surface area contributed by atoms with Gasteiger partial charge in [0.05, 0.1) is 10.6 Å². The van der Waals surface area contributed by atoms with Gasteiger partial charge in [0, 0.05) is 10.1 Å². The Morgan fingerprint density at radius 3 is 2.92 bits per heavy atom. The second-order valence-electron chi connectivity index (χ2n) is 2.63. The molecule has 0 aliphatic rings. The first-order chi connectivity index (χ1) is 6.22. The van der Waals surface area contributed by atoms with Gasteiger partial charge in [-0.3, -0.25) is 0 Å². The highest BCUT2D eigenvalue weighted by Gasteiger charge is 2.07. The van der Waals surface area contributed by atoms with Gasteiger partial charge in [-0.15, -0.1) is 11.3 Å². The van der Waals surface area contributed by atoms with E-state index in [1.807, 2.05) is 6.07 Å². The van der Waals surface area contributed by atoms with Crippen LogP contribution in [0.15, 0.2) is 18.2 Å². The van der Waals surface area contributed by atoms with Gasteiger partial charge in [-0.2, -0.15) is 5.26 Å². The zero-order chi connectivity index (χ0) is 9.42. The summed E-state index contributed by atoms with van der Waals surface area (Å²) in [6, 6.07) is 6.96. The molecule has 0 saturated carbocycles. The van der Waals surface area contributed by atoms with Crippen molar-refractivity contribution in [2.75, 3.05) is 5.73 Å². The van der Waals surface area contributed by atoms with Crippen LogP contribution in [-0.4, -0.2) is 5.11 Å². The van der Waals surface area contributed by atoms with Crippen molar-refractivity contribution in [1.82, 2.24) is 0 Å². The number of benzene rings is 1. The number of rotatable bonds is 0. The van der Waals surface area contributed by atoms with E-state index in [0.29, 0.717) is 10.4 Å². The van der Waals surface area contributed by atoms with Crippen LogP contribution < -0.4 is 5.73 Å². The Balaban J connectivity index is 2.87. The molecule has 0 spiro atoms. The molecule has 64 valence electrons. The highest BCUT2D eigenvalue weighted by Crippen LogP contribution is 2.35. The number of hydrogen-bond donors (Lipinski definition) is 2. The van der Waals surface area contributed by atoms with Gasteiger partial charge >= 0.3 is 0 Å². The molecule has 3 nitrogen and oxygen atoms in total. The highest BCUT2D eigenvalue weighted by molar-refractivity contribution is 7.22. The number of hydrogen-bond acceptors (Lipinski definition) is 4. The first-order valence-corrected chi connectivity index (χ1v) is 4.45. The molecule has 0 unspecified atom stereocenters. The van der Waals surface area contributed by atoms with Crippen molar-refractivity contribution in [2.45, 2.75) is 0 Å². The van der Waals surface area contributed by atoms with Crippen LogP contribution >= 0.6 is 11.3 Å². The summed E-state index contributed by atoms with van der Waals surface area (Å²) in [6.45, 7) is 0. The molecular formula is C9H6N2OS. The Morgan fingerprint density at radius 1 is 1.46 bits per heavy atom. The fraction of sp³-hybridized carbons (Fsp3) is 0. The Kier molecular flexibility index (Phi) is 1.61. The minimum atomic E-state index is 0.0213. The summed E-state index contributed by atoms with van der Waals surface area (Å²) in [4.78, 5) is 0. The van der Waals surface area contributed by atoms with E-state index in [2.05, 4.69) is 0 Å². The normalized spacial score (nSPS) is 10.1. The van der Waals surface area contributed by atoms with Gasteiger partial charge in [0.15, 0.2) is 0 Å². The van der Waals surface area contributed by atoms with E-state index in [-0.39, 0.29) is 11.3 Å². The van der Waals surface area contributed by atoms with Gasteiger partial charge in [-0.1, -0.05) is 0 Å². The largest absolute Gasteiger partial charge is 0.506 e. The van der Waals surface area contributed by atoms with Crippen molar-refractivity contribution in [3.05, 3.63) is 23.8 Å². The average Bonchev–Trinajstić information content (AvgIpc) is 2.47. The van der Waals surface area contributed by atoms with Crippen molar-refractivity contribution < 1.29 is 5.11 Å². The number of nitrogens with two attached hydrogens (primary N) is 1. The summed E-state index contributed by atoms with van der Waals surface area (Å²) in [7, 11) is 0. The number of nitrogen functional groups attached to an aromatic ring is 1. The number of aromatic hydroxyl groups is 1. The maximum Gasteiger partial charge on any atom is 0.142 e. The lowest BCUT2D eigenvalue weighted by atomic mass is 10.1. The van der Waals surface area contributed by atoms with Crippen molar-refractivity contribution >= 4 is 26.4 Å². The lowest BCUT2D eigenvalue weighted by molar-refractivity contribution is 0.480. The lowest BCUT2D eigenvalue weighted by Crippen LogP contribution is -1.76. The lowest BCUT2D eigenvalue weighted by Gasteiger charge is -1.95. The predicted molar refractivity (Wildman–Crippen MR) is 52.6 cm³/mol. The summed E-state index contributed by atoms with van der Waals surface area (Å²) in [5.41, 5.74) is 5.86. The van der Waals surface area contributed by atoms with Gasteiger partial charge in [-0.25, -0.2) is 0 Å². The van der Waals surface area contributed by atoms with Crippen LogP contribution in [0.1, 0.15) is 5.56 Å². The fourth-order valence-corrected chi connectivity index (χ4v) is 2.04. The molecule has 0 aliphatic carbocycles. The third-order valence-corrected chi connectivity index (χ3v) is 2.74. The Labute approximate surface area is 78.6 Å². The summed E-state index contributed by atoms with van der Waals surface area (Å²) in [5.74, 6) is 0.0213. The van der Waals surface area contributed by atoms with Crippen LogP contribution in [0.5, 0.6) is 5.75 Å². The summed E-state index contributed by atoms with van der Waals surface area (Å²) >= 11 is 1.39. The number of nitrogens with zero attached hydrogens (tertiary/aromatic N) is 1. The van der Waals surface area contributed by atoms with E-state index in [9.17, 15) is 5.11 Å². The minimum absolute atomic E-state index is 0.0213. The molecule has 3 N–H and O–H groups in total. The number of phenols is 1. The summed E-state index contributed by atoms with van der Waals surface area (Å²) < 4.78 is 0.897. The molecule has 0 bridgehead atoms. The molecular weight excluding hydrogens is 184 g/mol. The zero-order valence-corrected chi connectivity index (χ0v) is 7.43. The second kappa shape index (κ2) is 2.64. The fourth-order valence-electron chi connectivity index (χ4n) is 1.21. The molecule has 2 rings (SSSR count). The number of nitriles is 1. The summed E-state index contributed by atoms with van der Waals surface area (Å²) in [5, 5.41) is 19.5. The number of thiophene rings is 1. The van der Waals surface area contributed by atoms with Crippen LogP contribution in [-0.2, 0) is 0 Å². The molecule has 0 aliphatic heterocycles. The van der Waals surface area contributed by atoms with E-state index >= 15 is 0 Å². The van der Waals surface area contributed by atoms with Crippen molar-refractivity contribution in [3.63, 3.8) is 0 Å². The molecule has 0 radical (unpaired) electrons. The second-order valence-corrected chi connectivity index (χ2v) is 3.75. The molecule has 4 heteroatoms. The Morgan fingerprint density at radius 2 is 2.23 bits per heavy atom. The SMILES string of the molecule is N#Cc1ccc2sc(N)cc2c1O. The molecule has 0 saturated heterocycles. The van der Waals surface area contributed by atoms with E-state index < -0.39 is 0 Å². The molecule has 1 aromatic heterocycles. The van der Waals surface area contributed by atoms with Gasteiger partial charge in [0.1, 0.15) is 11.8 Å². The van der Waals surface area contributed by atoms with E-state index in [1.54, 1.807) is 18.2 Å². The maximum absolute atomic E-state index is 9.59. The maximum atomic E-state index is 9.59. The first-order valence-electron chi connectivity index (χ1n) is 3.63. The van der Waals surface area contributed by atoms with Gasteiger partial charge < -0.3 is 10.8 Å². The van der Waals surface area contributed by atoms with Gasteiger partial charge in [0.25, 0.3) is 0 Å². The topological polar surface area (TPSA) is 70.0 Å². The molecule has 0 fully saturated rings. The number of phenolic OH excluding ortho intramolecular Hbond substituents is 1. The first kappa shape index (κ1) is 7.90. The Hall–Kier alpha value is -1.73. The predicted octanol–water partition coefficient (Wildman–Crippen LogP) is 2.06. The highest BCUT2D eigenvalue weighted by atomic mass is 32.1. The average molecular weight is 190 g/mol. The molecule has 2 aromatic rings. The third-order valence-electron chi connectivity index (χ3n) is 1.81. The van der Waals surface area contributed by atoms with E-state index in [4.69, 9.17) is 11.0 Å². The van der Waals surface area contributed by atoms with Crippen molar-refractivity contribution in [1.29, 1.82) is 5.26 Å². The Bertz CT molecular complexity index is 510. The standard InChI is InChI=1S/C9H6N2OS/c10-4-5-1-2-7-6(9(5)12)3-8(11)13-7/h1-3,12H,11H2. The van der Waals surface area contributed by atoms with Crippen molar-refractivity contribution in [3.8, 4) is 11.8 Å². The van der Waals surface area contributed by atoms with Crippen LogP contribution in [0.4, 0.5) is 5.00 Å². The van der Waals surface area contributed by atoms with E-state index in [1.165, 1.54) is 11.3 Å². The minimum Gasteiger partial charge on any atom is -0.506 e. The number of anilines is 1. The number of fused-ring (bicyclic) bond motifs is 1. The molecule has 1 heterocycles. The van der Waals surface area contributed by atoms with Crippen LogP contribution in [0, 0.1) is 11.3 Å². The quantitative estimate of drug-likeness (QED) is 0.668. The van der Waals surface area contributed by atoms with Gasteiger partial charge in [-0.05, 0) is 18.2 Å². The smallest absolute Gasteiger partial charge is 0.142 e.